The van der Waals surface area contributed by atoms with Crippen LogP contribution in [0.2, 0.25) is 0 Å². The van der Waals surface area contributed by atoms with E-state index in [2.05, 4.69) is 19.8 Å². The van der Waals surface area contributed by atoms with Crippen molar-refractivity contribution >= 4 is 16.7 Å². The van der Waals surface area contributed by atoms with E-state index in [1.807, 2.05) is 20.8 Å². The van der Waals surface area contributed by atoms with Gasteiger partial charge in [-0.2, -0.15) is 5.10 Å². The van der Waals surface area contributed by atoms with E-state index in [1.54, 1.807) is 13.0 Å². The van der Waals surface area contributed by atoms with Crippen molar-refractivity contribution in [3.8, 4) is 16.9 Å². The third-order valence-corrected chi connectivity index (χ3v) is 4.11. The minimum Gasteiger partial charge on any atom is -0.403 e. The molecule has 0 spiro atoms. The van der Waals surface area contributed by atoms with Gasteiger partial charge in [0.05, 0.1) is 0 Å². The topological polar surface area (TPSA) is 69.9 Å². The van der Waals surface area contributed by atoms with Gasteiger partial charge >= 0.3 is 6.36 Å². The maximum atomic E-state index is 13.1. The lowest BCUT2D eigenvalue weighted by Crippen LogP contribution is -2.20. The number of hydrogen-bond acceptors (Lipinski definition) is 5. The molecule has 0 saturated carbocycles. The molecule has 0 N–H and O–H groups in total. The average Bonchev–Trinajstić information content (AvgIpc) is 2.91. The van der Waals surface area contributed by atoms with Crippen molar-refractivity contribution in [2.24, 2.45) is 5.41 Å². The molecule has 0 unspecified atom stereocenters. The van der Waals surface area contributed by atoms with Gasteiger partial charge in [0, 0.05) is 36.8 Å². The van der Waals surface area contributed by atoms with Gasteiger partial charge in [-0.3, -0.25) is 9.48 Å². The highest BCUT2D eigenvalue weighted by molar-refractivity contribution is 6.07. The summed E-state index contributed by atoms with van der Waals surface area (Å²) in [4.78, 5) is 20.3. The van der Waals surface area contributed by atoms with Crippen LogP contribution in [-0.2, 0) is 6.54 Å². The van der Waals surface area contributed by atoms with Crippen molar-refractivity contribution in [2.75, 3.05) is 0 Å². The van der Waals surface area contributed by atoms with Crippen LogP contribution >= 0.6 is 0 Å². The maximum Gasteiger partial charge on any atom is 0.573 e. The number of rotatable bonds is 4. The highest BCUT2D eigenvalue weighted by Crippen LogP contribution is 2.38. The van der Waals surface area contributed by atoms with E-state index in [9.17, 15) is 18.0 Å². The molecule has 0 bridgehead atoms. The quantitative estimate of drug-likeness (QED) is 0.574. The molecule has 6 nitrogen and oxygen atoms in total. The van der Waals surface area contributed by atoms with E-state index in [0.717, 1.165) is 0 Å². The number of Topliss-reactive ketones (excluding diaryl/α,β-unsaturated/α-hetero) is 1. The lowest BCUT2D eigenvalue weighted by Gasteiger charge is -2.20. The Morgan fingerprint density at radius 2 is 1.72 bits per heavy atom. The number of hydrogen-bond donors (Lipinski definition) is 0. The number of alkyl halides is 3. The molecule has 3 rings (SSSR count). The number of carbonyl (C=O) groups is 1. The highest BCUT2D eigenvalue weighted by Gasteiger charge is 2.34. The molecule has 0 radical (unpaired) electrons. The molecule has 0 fully saturated rings. The molecule has 154 valence electrons. The third-order valence-electron chi connectivity index (χ3n) is 4.11. The molecule has 29 heavy (non-hydrogen) atoms. The Kier molecular flexibility index (Phi) is 5.10. The number of halogens is 3. The molecule has 9 heteroatoms. The van der Waals surface area contributed by atoms with Gasteiger partial charge in [0.25, 0.3) is 0 Å². The molecule has 2 aromatic heterocycles. The number of carbonyl (C=O) groups excluding carboxylic acids is 1. The Bertz CT molecular complexity index is 1060. The van der Waals surface area contributed by atoms with E-state index in [0.29, 0.717) is 28.9 Å². The highest BCUT2D eigenvalue weighted by atomic mass is 19.4. The first-order valence-electron chi connectivity index (χ1n) is 8.94. The number of ketones is 1. The summed E-state index contributed by atoms with van der Waals surface area (Å²) in [5.41, 5.74) is 0.828. The van der Waals surface area contributed by atoms with Crippen LogP contribution in [0.25, 0.3) is 22.0 Å². The standard InChI is InChI=1S/C20H21F3N4O2/c1-11(28)17-15-6-13(14-8-24-12(2)25-9-14)7-16(29-20(21,22)23)18(15)27(26-17)10-19(3,4)5/h6-9H,10H2,1-5H3. The van der Waals surface area contributed by atoms with Crippen molar-refractivity contribution in [3.63, 3.8) is 0 Å². The van der Waals surface area contributed by atoms with Crippen LogP contribution < -0.4 is 4.74 Å². The number of fused-ring (bicyclic) bond motifs is 1. The van der Waals surface area contributed by atoms with Crippen molar-refractivity contribution < 1.29 is 22.7 Å². The van der Waals surface area contributed by atoms with Gasteiger partial charge in [0.1, 0.15) is 17.0 Å². The number of nitrogens with zero attached hydrogens (tertiary/aromatic N) is 4. The third kappa shape index (κ3) is 4.72. The lowest BCUT2D eigenvalue weighted by molar-refractivity contribution is -0.274. The van der Waals surface area contributed by atoms with Gasteiger partial charge in [-0.25, -0.2) is 9.97 Å². The van der Waals surface area contributed by atoms with Crippen LogP contribution in [0.5, 0.6) is 5.75 Å². The first-order valence-corrected chi connectivity index (χ1v) is 8.94. The summed E-state index contributed by atoms with van der Waals surface area (Å²) in [7, 11) is 0. The van der Waals surface area contributed by atoms with Crippen molar-refractivity contribution in [3.05, 3.63) is 36.0 Å². The van der Waals surface area contributed by atoms with E-state index in [-0.39, 0.29) is 22.4 Å². The van der Waals surface area contributed by atoms with Gasteiger partial charge in [0.2, 0.25) is 0 Å². The fourth-order valence-electron chi connectivity index (χ4n) is 3.01. The Balaban J connectivity index is 2.33. The number of aromatic nitrogens is 4. The average molecular weight is 406 g/mol. The predicted octanol–water partition coefficient (Wildman–Crippen LogP) is 4.95. The van der Waals surface area contributed by atoms with E-state index in [4.69, 9.17) is 0 Å². The molecular formula is C20H21F3N4O2. The largest absolute Gasteiger partial charge is 0.573 e. The molecule has 0 atom stereocenters. The molecule has 0 aliphatic heterocycles. The van der Waals surface area contributed by atoms with E-state index >= 15 is 0 Å². The van der Waals surface area contributed by atoms with Crippen molar-refractivity contribution in [1.82, 2.24) is 19.7 Å². The first-order chi connectivity index (χ1) is 13.3. The minimum atomic E-state index is -4.90. The lowest BCUT2D eigenvalue weighted by atomic mass is 9.97. The summed E-state index contributed by atoms with van der Waals surface area (Å²) in [5.74, 6) is -0.239. The molecular weight excluding hydrogens is 385 g/mol. The van der Waals surface area contributed by atoms with Crippen LogP contribution in [0.4, 0.5) is 13.2 Å². The predicted molar refractivity (Wildman–Crippen MR) is 102 cm³/mol. The second kappa shape index (κ2) is 7.13. The summed E-state index contributed by atoms with van der Waals surface area (Å²) in [5, 5.41) is 4.59. The van der Waals surface area contributed by atoms with Crippen LogP contribution in [0.1, 0.15) is 44.0 Å². The smallest absolute Gasteiger partial charge is 0.403 e. The number of benzene rings is 1. The van der Waals surface area contributed by atoms with Gasteiger partial charge in [0.15, 0.2) is 11.5 Å². The fourth-order valence-corrected chi connectivity index (χ4v) is 3.01. The SMILES string of the molecule is CC(=O)c1nn(CC(C)(C)C)c2c(OC(F)(F)F)cc(-c3cnc(C)nc3)cc12. The molecule has 1 aromatic carbocycles. The van der Waals surface area contributed by atoms with Crippen LogP contribution in [-0.4, -0.2) is 31.9 Å². The Morgan fingerprint density at radius 3 is 2.24 bits per heavy atom. The zero-order valence-corrected chi connectivity index (χ0v) is 16.8. The molecule has 3 aromatic rings. The normalized spacial score (nSPS) is 12.4. The summed E-state index contributed by atoms with van der Waals surface area (Å²) < 4.78 is 45.2. The molecule has 0 saturated heterocycles. The van der Waals surface area contributed by atoms with Crippen molar-refractivity contribution in [2.45, 2.75) is 47.5 Å². The zero-order valence-electron chi connectivity index (χ0n) is 16.8. The van der Waals surface area contributed by atoms with E-state index in [1.165, 1.54) is 30.1 Å². The van der Waals surface area contributed by atoms with Crippen molar-refractivity contribution in [1.29, 1.82) is 0 Å². The monoisotopic (exact) mass is 406 g/mol. The molecule has 0 amide bonds. The Hall–Kier alpha value is -2.97. The second-order valence-electron chi connectivity index (χ2n) is 8.06. The summed E-state index contributed by atoms with van der Waals surface area (Å²) in [6.07, 6.45) is -1.88. The van der Waals surface area contributed by atoms with Gasteiger partial charge < -0.3 is 4.74 Å². The summed E-state index contributed by atoms with van der Waals surface area (Å²) in [6.45, 7) is 9.12. The van der Waals surface area contributed by atoms with Crippen LogP contribution in [0.3, 0.4) is 0 Å². The number of aryl methyl sites for hydroxylation is 1. The maximum absolute atomic E-state index is 13.1. The fraction of sp³-hybridized carbons (Fsp3) is 0.400. The van der Waals surface area contributed by atoms with Crippen LogP contribution in [0, 0.1) is 12.3 Å². The Morgan fingerprint density at radius 1 is 1.10 bits per heavy atom. The summed E-state index contributed by atoms with van der Waals surface area (Å²) in [6, 6.07) is 2.89. The molecule has 0 aliphatic carbocycles. The summed E-state index contributed by atoms with van der Waals surface area (Å²) >= 11 is 0. The van der Waals surface area contributed by atoms with Gasteiger partial charge in [-0.05, 0) is 30.0 Å². The number of ether oxygens (including phenoxy) is 1. The second-order valence-corrected chi connectivity index (χ2v) is 8.06. The van der Waals surface area contributed by atoms with Crippen LogP contribution in [0.15, 0.2) is 24.5 Å². The Labute approximate surface area is 165 Å². The molecule has 2 heterocycles. The first kappa shape index (κ1) is 20.8. The van der Waals surface area contributed by atoms with Gasteiger partial charge in [-0.1, -0.05) is 20.8 Å². The van der Waals surface area contributed by atoms with E-state index < -0.39 is 12.1 Å². The minimum absolute atomic E-state index is 0.0890. The van der Waals surface area contributed by atoms with Gasteiger partial charge in [-0.15, -0.1) is 13.2 Å². The molecule has 0 aliphatic rings. The zero-order chi connectivity index (χ0) is 21.6.